The van der Waals surface area contributed by atoms with E-state index in [9.17, 15) is 0 Å². The van der Waals surface area contributed by atoms with Crippen LogP contribution in [0.2, 0.25) is 0 Å². The molecule has 1 heterocycles. The van der Waals surface area contributed by atoms with Crippen molar-refractivity contribution in [2.45, 2.75) is 25.8 Å². The lowest BCUT2D eigenvalue weighted by atomic mass is 10.0. The summed E-state index contributed by atoms with van der Waals surface area (Å²) < 4.78 is 6.28. The number of rotatable bonds is 6. The average molecular weight is 350 g/mol. The fraction of sp³-hybridized carbons (Fsp3) is 0.312. The molecule has 2 rings (SSSR count). The van der Waals surface area contributed by atoms with Crippen LogP contribution >= 0.6 is 15.9 Å². The smallest absolute Gasteiger partial charge is 0.119 e. The van der Waals surface area contributed by atoms with Gasteiger partial charge in [-0.05, 0) is 41.8 Å². The molecule has 4 nitrogen and oxygen atoms in total. The third kappa shape index (κ3) is 4.03. The van der Waals surface area contributed by atoms with Gasteiger partial charge in [0.25, 0.3) is 0 Å². The highest BCUT2D eigenvalue weighted by molar-refractivity contribution is 9.10. The number of nitrogens with two attached hydrogens (primary N) is 1. The second kappa shape index (κ2) is 7.54. The van der Waals surface area contributed by atoms with E-state index >= 15 is 0 Å². The lowest BCUT2D eigenvalue weighted by Crippen LogP contribution is -2.30. The Morgan fingerprint density at radius 2 is 2.14 bits per heavy atom. The van der Waals surface area contributed by atoms with Crippen LogP contribution in [0.25, 0.3) is 0 Å². The molecule has 5 heteroatoms. The average Bonchev–Trinajstić information content (AvgIpc) is 2.54. The van der Waals surface area contributed by atoms with Gasteiger partial charge in [-0.3, -0.25) is 16.3 Å². The molecule has 0 fully saturated rings. The zero-order chi connectivity index (χ0) is 15.2. The highest BCUT2D eigenvalue weighted by Crippen LogP contribution is 2.29. The minimum absolute atomic E-state index is 0.0329. The maximum atomic E-state index is 5.73. The van der Waals surface area contributed by atoms with Gasteiger partial charge >= 0.3 is 0 Å². The van der Waals surface area contributed by atoms with Crippen LogP contribution in [0.5, 0.6) is 5.75 Å². The predicted molar refractivity (Wildman–Crippen MR) is 88.1 cm³/mol. The zero-order valence-corrected chi connectivity index (χ0v) is 13.9. The number of hydrogen-bond acceptors (Lipinski definition) is 4. The molecule has 1 aromatic heterocycles. The van der Waals surface area contributed by atoms with Crippen LogP contribution in [-0.4, -0.2) is 12.1 Å². The summed E-state index contributed by atoms with van der Waals surface area (Å²) in [5.74, 6) is 6.54. The fourth-order valence-corrected chi connectivity index (χ4v) is 2.69. The highest BCUT2D eigenvalue weighted by Gasteiger charge is 2.15. The molecule has 0 aliphatic rings. The molecular weight excluding hydrogens is 330 g/mol. The number of aryl methyl sites for hydroxylation is 1. The Hall–Kier alpha value is -1.43. The van der Waals surface area contributed by atoms with Crippen molar-refractivity contribution in [3.8, 4) is 5.75 Å². The van der Waals surface area contributed by atoms with E-state index in [1.165, 1.54) is 5.56 Å². The van der Waals surface area contributed by atoms with Gasteiger partial charge < -0.3 is 4.74 Å². The van der Waals surface area contributed by atoms with E-state index in [4.69, 9.17) is 10.6 Å². The van der Waals surface area contributed by atoms with Crippen molar-refractivity contribution in [2.75, 3.05) is 7.11 Å². The van der Waals surface area contributed by atoms with Crippen LogP contribution in [0.15, 0.2) is 41.0 Å². The molecule has 21 heavy (non-hydrogen) atoms. The summed E-state index contributed by atoms with van der Waals surface area (Å²) in [6.45, 7) is 2.12. The molecule has 0 spiro atoms. The van der Waals surface area contributed by atoms with Gasteiger partial charge in [-0.2, -0.15) is 0 Å². The number of hydrogen-bond donors (Lipinski definition) is 2. The van der Waals surface area contributed by atoms with Crippen LogP contribution in [0.3, 0.4) is 0 Å². The van der Waals surface area contributed by atoms with Crippen molar-refractivity contribution >= 4 is 15.9 Å². The molecule has 0 amide bonds. The lowest BCUT2D eigenvalue weighted by Gasteiger charge is -2.18. The molecule has 2 aromatic rings. The maximum absolute atomic E-state index is 5.73. The first-order valence-electron chi connectivity index (χ1n) is 6.91. The van der Waals surface area contributed by atoms with Crippen molar-refractivity contribution in [1.29, 1.82) is 0 Å². The zero-order valence-electron chi connectivity index (χ0n) is 12.3. The van der Waals surface area contributed by atoms with E-state index in [0.717, 1.165) is 27.9 Å². The predicted octanol–water partition coefficient (Wildman–Crippen LogP) is 3.16. The Labute approximate surface area is 133 Å². The molecule has 1 aromatic carbocycles. The van der Waals surface area contributed by atoms with E-state index in [1.807, 2.05) is 24.4 Å². The summed E-state index contributed by atoms with van der Waals surface area (Å²) >= 11 is 3.57. The largest absolute Gasteiger partial charge is 0.497 e. The second-order valence-electron chi connectivity index (χ2n) is 4.82. The van der Waals surface area contributed by atoms with Gasteiger partial charge in [-0.15, -0.1) is 0 Å². The Kier molecular flexibility index (Phi) is 5.73. The van der Waals surface area contributed by atoms with Gasteiger partial charge in [-0.25, -0.2) is 0 Å². The molecule has 0 aliphatic carbocycles. The van der Waals surface area contributed by atoms with Crippen LogP contribution < -0.4 is 16.0 Å². The van der Waals surface area contributed by atoms with E-state index < -0.39 is 0 Å². The summed E-state index contributed by atoms with van der Waals surface area (Å²) in [5, 5.41) is 0. The SMILES string of the molecule is CCc1ccc(CC(NN)c2cc(OC)ccc2Br)nc1. The number of nitrogens with one attached hydrogen (secondary N) is 1. The lowest BCUT2D eigenvalue weighted by molar-refractivity contribution is 0.412. The van der Waals surface area contributed by atoms with Gasteiger partial charge in [0.1, 0.15) is 5.75 Å². The first-order chi connectivity index (χ1) is 10.2. The quantitative estimate of drug-likeness (QED) is 0.621. The van der Waals surface area contributed by atoms with Crippen molar-refractivity contribution in [1.82, 2.24) is 10.4 Å². The molecule has 0 bridgehead atoms. The Balaban J connectivity index is 2.22. The molecule has 1 unspecified atom stereocenters. The molecule has 0 saturated carbocycles. The van der Waals surface area contributed by atoms with Crippen LogP contribution in [0.4, 0.5) is 0 Å². The fourth-order valence-electron chi connectivity index (χ4n) is 2.17. The topological polar surface area (TPSA) is 60.2 Å². The van der Waals surface area contributed by atoms with Gasteiger partial charge in [0.15, 0.2) is 0 Å². The molecule has 3 N–H and O–H groups in total. The molecule has 1 atom stereocenters. The van der Waals surface area contributed by atoms with Crippen molar-refractivity contribution in [2.24, 2.45) is 5.84 Å². The van der Waals surface area contributed by atoms with Gasteiger partial charge in [-0.1, -0.05) is 28.9 Å². The molecule has 0 aliphatic heterocycles. The summed E-state index contributed by atoms with van der Waals surface area (Å²) in [7, 11) is 1.66. The Morgan fingerprint density at radius 3 is 2.71 bits per heavy atom. The van der Waals surface area contributed by atoms with Crippen molar-refractivity contribution in [3.05, 3.63) is 57.8 Å². The number of methoxy groups -OCH3 is 1. The van der Waals surface area contributed by atoms with E-state index in [2.05, 4.69) is 45.4 Å². The highest BCUT2D eigenvalue weighted by atomic mass is 79.9. The summed E-state index contributed by atoms with van der Waals surface area (Å²) in [5.41, 5.74) is 6.16. The maximum Gasteiger partial charge on any atom is 0.119 e. The number of ether oxygens (including phenoxy) is 1. The summed E-state index contributed by atoms with van der Waals surface area (Å²) in [4.78, 5) is 4.49. The third-order valence-electron chi connectivity index (χ3n) is 3.49. The number of halogens is 1. The number of hydrazine groups is 1. The van der Waals surface area contributed by atoms with Gasteiger partial charge in [0.05, 0.1) is 13.2 Å². The van der Waals surface area contributed by atoms with E-state index in [-0.39, 0.29) is 6.04 Å². The molecular formula is C16H20BrN3O. The molecule has 0 radical (unpaired) electrons. The molecule has 0 saturated heterocycles. The minimum atomic E-state index is -0.0329. The Bertz CT molecular complexity index is 587. The number of benzene rings is 1. The number of aromatic nitrogens is 1. The standard InChI is InChI=1S/C16H20BrN3O/c1-3-11-4-5-12(19-10-11)8-16(20-18)14-9-13(21-2)6-7-15(14)17/h4-7,9-10,16,20H,3,8,18H2,1-2H3. The normalized spacial score (nSPS) is 12.2. The van der Waals surface area contributed by atoms with Gasteiger partial charge in [0, 0.05) is 22.8 Å². The monoisotopic (exact) mass is 349 g/mol. The minimum Gasteiger partial charge on any atom is -0.497 e. The van der Waals surface area contributed by atoms with Crippen molar-refractivity contribution < 1.29 is 4.74 Å². The number of pyridine rings is 1. The number of nitrogens with zero attached hydrogens (tertiary/aromatic N) is 1. The summed E-state index contributed by atoms with van der Waals surface area (Å²) in [6, 6.07) is 9.99. The first kappa shape index (κ1) is 15.9. The Morgan fingerprint density at radius 1 is 1.33 bits per heavy atom. The van der Waals surface area contributed by atoms with Crippen LogP contribution in [0, 0.1) is 0 Å². The second-order valence-corrected chi connectivity index (χ2v) is 5.68. The third-order valence-corrected chi connectivity index (χ3v) is 4.21. The van der Waals surface area contributed by atoms with Crippen LogP contribution in [0.1, 0.15) is 29.8 Å². The summed E-state index contributed by atoms with van der Waals surface area (Å²) in [6.07, 6.45) is 3.63. The van der Waals surface area contributed by atoms with Crippen LogP contribution in [-0.2, 0) is 12.8 Å². The first-order valence-corrected chi connectivity index (χ1v) is 7.70. The van der Waals surface area contributed by atoms with E-state index in [1.54, 1.807) is 7.11 Å². The molecule has 112 valence electrons. The van der Waals surface area contributed by atoms with Crippen molar-refractivity contribution in [3.63, 3.8) is 0 Å². The van der Waals surface area contributed by atoms with Gasteiger partial charge in [0.2, 0.25) is 0 Å². The van der Waals surface area contributed by atoms with E-state index in [0.29, 0.717) is 6.42 Å².